The van der Waals surface area contributed by atoms with Gasteiger partial charge >= 0.3 is 0 Å². The molecule has 0 unspecified atom stereocenters. The molecule has 0 radical (unpaired) electrons. The Morgan fingerprint density at radius 2 is 2.29 bits per heavy atom. The lowest BCUT2D eigenvalue weighted by molar-refractivity contribution is 0.0784. The molecular formula is C16H16N2O2S. The average Bonchev–Trinajstić information content (AvgIpc) is 2.93. The van der Waals surface area contributed by atoms with Crippen molar-refractivity contribution in [1.29, 1.82) is 0 Å². The third kappa shape index (κ3) is 4.15. The lowest BCUT2D eigenvalue weighted by Gasteiger charge is -2.16. The van der Waals surface area contributed by atoms with Crippen LogP contribution in [-0.2, 0) is 6.54 Å². The molecule has 2 heterocycles. The molecule has 0 saturated heterocycles. The zero-order valence-electron chi connectivity index (χ0n) is 12.0. The van der Waals surface area contributed by atoms with E-state index in [1.165, 1.54) is 11.3 Å². The molecule has 0 bridgehead atoms. The van der Waals surface area contributed by atoms with E-state index in [1.807, 2.05) is 25.1 Å². The fourth-order valence-electron chi connectivity index (χ4n) is 1.86. The van der Waals surface area contributed by atoms with E-state index in [0.29, 0.717) is 12.1 Å². The maximum atomic E-state index is 12.3. The summed E-state index contributed by atoms with van der Waals surface area (Å²) in [5.74, 6) is 5.31. The van der Waals surface area contributed by atoms with Gasteiger partial charge in [-0.05, 0) is 25.1 Å². The monoisotopic (exact) mass is 300 g/mol. The van der Waals surface area contributed by atoms with E-state index >= 15 is 0 Å². The van der Waals surface area contributed by atoms with Gasteiger partial charge < -0.3 is 10.0 Å². The minimum Gasteiger partial charge on any atom is -0.384 e. The molecule has 4 nitrogen and oxygen atoms in total. The first-order valence-electron chi connectivity index (χ1n) is 6.46. The van der Waals surface area contributed by atoms with Crippen LogP contribution in [0.2, 0.25) is 0 Å². The number of rotatable bonds is 3. The Labute approximate surface area is 128 Å². The zero-order chi connectivity index (χ0) is 15.2. The number of hydrogen-bond acceptors (Lipinski definition) is 4. The maximum Gasteiger partial charge on any atom is 0.254 e. The SMILES string of the molecule is Cc1cccc(CN(C)C(=O)c2csc(C#CCO)c2)n1. The number of aryl methyl sites for hydroxylation is 1. The van der Waals surface area contributed by atoms with E-state index in [9.17, 15) is 4.79 Å². The Morgan fingerprint density at radius 1 is 1.48 bits per heavy atom. The summed E-state index contributed by atoms with van der Waals surface area (Å²) in [6.45, 7) is 2.21. The summed E-state index contributed by atoms with van der Waals surface area (Å²) in [7, 11) is 1.75. The summed E-state index contributed by atoms with van der Waals surface area (Å²) in [5.41, 5.74) is 2.41. The maximum absolute atomic E-state index is 12.3. The van der Waals surface area contributed by atoms with Crippen LogP contribution >= 0.6 is 11.3 Å². The molecule has 1 amide bonds. The predicted molar refractivity (Wildman–Crippen MR) is 83.1 cm³/mol. The van der Waals surface area contributed by atoms with Crippen LogP contribution in [0.1, 0.15) is 26.6 Å². The second-order valence-corrected chi connectivity index (χ2v) is 5.50. The fraction of sp³-hybridized carbons (Fsp3) is 0.250. The number of carbonyl (C=O) groups is 1. The molecule has 5 heteroatoms. The van der Waals surface area contributed by atoms with Crippen LogP contribution in [-0.4, -0.2) is 34.6 Å². The number of pyridine rings is 1. The van der Waals surface area contributed by atoms with E-state index in [4.69, 9.17) is 5.11 Å². The smallest absolute Gasteiger partial charge is 0.254 e. The van der Waals surface area contributed by atoms with Gasteiger partial charge in [-0.3, -0.25) is 9.78 Å². The van der Waals surface area contributed by atoms with Crippen molar-refractivity contribution in [2.75, 3.05) is 13.7 Å². The molecule has 2 rings (SSSR count). The highest BCUT2D eigenvalue weighted by atomic mass is 32.1. The van der Waals surface area contributed by atoms with Gasteiger partial charge in [-0.1, -0.05) is 17.9 Å². The highest BCUT2D eigenvalue weighted by molar-refractivity contribution is 7.10. The molecule has 2 aromatic heterocycles. The van der Waals surface area contributed by atoms with Crippen molar-refractivity contribution < 1.29 is 9.90 Å². The van der Waals surface area contributed by atoms with Gasteiger partial charge in [-0.2, -0.15) is 0 Å². The largest absolute Gasteiger partial charge is 0.384 e. The van der Waals surface area contributed by atoms with Gasteiger partial charge in [0.15, 0.2) is 0 Å². The molecule has 0 atom stereocenters. The van der Waals surface area contributed by atoms with Crippen molar-refractivity contribution in [3.63, 3.8) is 0 Å². The first-order chi connectivity index (χ1) is 10.1. The normalized spacial score (nSPS) is 9.86. The van der Waals surface area contributed by atoms with E-state index in [1.54, 1.807) is 23.4 Å². The van der Waals surface area contributed by atoms with Gasteiger partial charge in [0, 0.05) is 18.1 Å². The van der Waals surface area contributed by atoms with Gasteiger partial charge in [-0.15, -0.1) is 11.3 Å². The van der Waals surface area contributed by atoms with Crippen LogP contribution in [0, 0.1) is 18.8 Å². The van der Waals surface area contributed by atoms with E-state index in [2.05, 4.69) is 16.8 Å². The van der Waals surface area contributed by atoms with Gasteiger partial charge in [0.25, 0.3) is 5.91 Å². The summed E-state index contributed by atoms with van der Waals surface area (Å²) in [5, 5.41) is 10.4. The van der Waals surface area contributed by atoms with Crippen LogP contribution in [0.5, 0.6) is 0 Å². The molecule has 1 N–H and O–H groups in total. The van der Waals surface area contributed by atoms with Crippen LogP contribution in [0.25, 0.3) is 0 Å². The highest BCUT2D eigenvalue weighted by Crippen LogP contribution is 2.16. The van der Waals surface area contributed by atoms with E-state index in [0.717, 1.165) is 16.3 Å². The minimum absolute atomic E-state index is 0.0633. The van der Waals surface area contributed by atoms with Crippen LogP contribution in [0.3, 0.4) is 0 Å². The van der Waals surface area contributed by atoms with Crippen molar-refractivity contribution in [3.05, 3.63) is 51.5 Å². The van der Waals surface area contributed by atoms with E-state index in [-0.39, 0.29) is 12.5 Å². The molecule has 0 spiro atoms. The van der Waals surface area contributed by atoms with Crippen LogP contribution in [0.4, 0.5) is 0 Å². The molecule has 2 aromatic rings. The first kappa shape index (κ1) is 15.2. The average molecular weight is 300 g/mol. The second kappa shape index (κ2) is 7.02. The highest BCUT2D eigenvalue weighted by Gasteiger charge is 2.14. The van der Waals surface area contributed by atoms with Crippen molar-refractivity contribution >= 4 is 17.2 Å². The molecule has 0 saturated carbocycles. The quantitative estimate of drug-likeness (QED) is 0.883. The Morgan fingerprint density at radius 3 is 3.00 bits per heavy atom. The van der Waals surface area contributed by atoms with Crippen molar-refractivity contribution in [2.24, 2.45) is 0 Å². The molecule has 108 valence electrons. The van der Waals surface area contributed by atoms with Gasteiger partial charge in [-0.25, -0.2) is 0 Å². The van der Waals surface area contributed by atoms with Gasteiger partial charge in [0.1, 0.15) is 6.61 Å². The Hall–Kier alpha value is -2.16. The number of aromatic nitrogens is 1. The van der Waals surface area contributed by atoms with Crippen LogP contribution < -0.4 is 0 Å². The molecule has 0 aliphatic heterocycles. The minimum atomic E-state index is -0.180. The Kier molecular flexibility index (Phi) is 5.09. The number of aliphatic hydroxyl groups is 1. The lowest BCUT2D eigenvalue weighted by Crippen LogP contribution is -2.26. The number of nitrogens with zero attached hydrogens (tertiary/aromatic N) is 2. The first-order valence-corrected chi connectivity index (χ1v) is 7.34. The number of amides is 1. The molecular weight excluding hydrogens is 284 g/mol. The number of carbonyl (C=O) groups excluding carboxylic acids is 1. The Bertz CT molecular complexity index is 698. The summed E-state index contributed by atoms with van der Waals surface area (Å²) in [6, 6.07) is 7.51. The summed E-state index contributed by atoms with van der Waals surface area (Å²) >= 11 is 1.40. The second-order valence-electron chi connectivity index (χ2n) is 4.59. The summed E-state index contributed by atoms with van der Waals surface area (Å²) < 4.78 is 0. The number of aliphatic hydroxyl groups excluding tert-OH is 1. The van der Waals surface area contributed by atoms with Crippen LogP contribution in [0.15, 0.2) is 29.6 Å². The van der Waals surface area contributed by atoms with Crippen molar-refractivity contribution in [1.82, 2.24) is 9.88 Å². The summed E-state index contributed by atoms with van der Waals surface area (Å²) in [6.07, 6.45) is 0. The lowest BCUT2D eigenvalue weighted by atomic mass is 10.2. The number of hydrogen-bond donors (Lipinski definition) is 1. The van der Waals surface area contributed by atoms with Crippen molar-refractivity contribution in [2.45, 2.75) is 13.5 Å². The predicted octanol–water partition coefficient (Wildman–Crippen LogP) is 2.07. The van der Waals surface area contributed by atoms with Gasteiger partial charge in [0.05, 0.1) is 22.7 Å². The standard InChI is InChI=1S/C16H16N2O2S/c1-12-5-3-6-14(17-12)10-18(2)16(20)13-9-15(21-11-13)7-4-8-19/h3,5-6,9,11,19H,8,10H2,1-2H3. The fourth-order valence-corrected chi connectivity index (χ4v) is 2.61. The molecule has 0 fully saturated rings. The third-order valence-electron chi connectivity index (χ3n) is 2.83. The van der Waals surface area contributed by atoms with Crippen molar-refractivity contribution in [3.8, 4) is 11.8 Å². The number of thiophene rings is 1. The topological polar surface area (TPSA) is 53.4 Å². The molecule has 0 aromatic carbocycles. The Balaban J connectivity index is 2.07. The molecule has 21 heavy (non-hydrogen) atoms. The molecule has 0 aliphatic carbocycles. The molecule has 0 aliphatic rings. The van der Waals surface area contributed by atoms with Gasteiger partial charge in [0.2, 0.25) is 0 Å². The van der Waals surface area contributed by atoms with E-state index < -0.39 is 0 Å². The third-order valence-corrected chi connectivity index (χ3v) is 3.67. The zero-order valence-corrected chi connectivity index (χ0v) is 12.8. The summed E-state index contributed by atoms with van der Waals surface area (Å²) in [4.78, 5) is 19.1.